The Morgan fingerprint density at radius 3 is 2.72 bits per heavy atom. The highest BCUT2D eigenvalue weighted by Gasteiger charge is 2.37. The molecular weight excluding hydrogens is 333 g/mol. The van der Waals surface area contributed by atoms with Crippen LogP contribution in [-0.2, 0) is 0 Å². The van der Waals surface area contributed by atoms with Crippen molar-refractivity contribution in [3.05, 3.63) is 23.5 Å². The second-order valence-electron chi connectivity index (χ2n) is 6.72. The van der Waals surface area contributed by atoms with Crippen molar-refractivity contribution in [1.29, 1.82) is 0 Å². The maximum Gasteiger partial charge on any atom is 0.253 e. The number of hydrogen-bond acceptors (Lipinski definition) is 3. The van der Waals surface area contributed by atoms with Gasteiger partial charge in [-0.05, 0) is 12.5 Å². The summed E-state index contributed by atoms with van der Waals surface area (Å²) in [6.45, 7) is 2.76. The number of carbonyl (C=O) groups is 1. The standard InChI is InChI=1S/C17H19F3N4O/c1-2-11-9-21-15(25)12-7-10(18)8-13-14(12)24(11)16(22-13)23-5-3-17(19,20)4-6-23/h7-8,11H,2-6,9H2,1H3,(H,21,25)/t11-/m1/s1. The zero-order valence-electron chi connectivity index (χ0n) is 13.9. The molecule has 0 saturated carbocycles. The Labute approximate surface area is 142 Å². The van der Waals surface area contributed by atoms with Crippen molar-refractivity contribution < 1.29 is 18.0 Å². The highest BCUT2D eigenvalue weighted by molar-refractivity contribution is 6.06. The minimum Gasteiger partial charge on any atom is -0.350 e. The van der Waals surface area contributed by atoms with E-state index in [4.69, 9.17) is 0 Å². The molecule has 8 heteroatoms. The summed E-state index contributed by atoms with van der Waals surface area (Å²) in [5.41, 5.74) is 1.21. The Morgan fingerprint density at radius 1 is 1.32 bits per heavy atom. The Balaban J connectivity index is 1.89. The van der Waals surface area contributed by atoms with Crippen molar-refractivity contribution in [2.24, 2.45) is 0 Å². The molecule has 5 nitrogen and oxygen atoms in total. The number of piperidine rings is 1. The maximum atomic E-state index is 13.9. The van der Waals surface area contributed by atoms with E-state index < -0.39 is 11.7 Å². The summed E-state index contributed by atoms with van der Waals surface area (Å²) in [7, 11) is 0. The average Bonchev–Trinajstić information content (AvgIpc) is 2.86. The van der Waals surface area contributed by atoms with Gasteiger partial charge >= 0.3 is 0 Å². The van der Waals surface area contributed by atoms with E-state index in [9.17, 15) is 18.0 Å². The molecule has 2 aliphatic heterocycles. The molecule has 134 valence electrons. The Kier molecular flexibility index (Phi) is 3.66. The molecule has 1 aromatic heterocycles. The summed E-state index contributed by atoms with van der Waals surface area (Å²) >= 11 is 0. The summed E-state index contributed by atoms with van der Waals surface area (Å²) in [4.78, 5) is 18.7. The van der Waals surface area contributed by atoms with Gasteiger partial charge in [0.05, 0.1) is 22.6 Å². The smallest absolute Gasteiger partial charge is 0.253 e. The van der Waals surface area contributed by atoms with Gasteiger partial charge in [0.25, 0.3) is 11.8 Å². The number of amides is 1. The molecule has 1 atom stereocenters. The van der Waals surface area contributed by atoms with Gasteiger partial charge in [0.2, 0.25) is 5.95 Å². The largest absolute Gasteiger partial charge is 0.350 e. The molecule has 1 amide bonds. The predicted octanol–water partition coefficient (Wildman–Crippen LogP) is 3.11. The highest BCUT2D eigenvalue weighted by Crippen LogP contribution is 2.36. The van der Waals surface area contributed by atoms with Gasteiger partial charge in [-0.3, -0.25) is 4.79 Å². The fourth-order valence-corrected chi connectivity index (χ4v) is 3.68. The fourth-order valence-electron chi connectivity index (χ4n) is 3.68. The first-order valence-corrected chi connectivity index (χ1v) is 8.52. The number of aromatic nitrogens is 2. The minimum absolute atomic E-state index is 0.0573. The summed E-state index contributed by atoms with van der Waals surface area (Å²) < 4.78 is 42.9. The molecule has 0 radical (unpaired) electrons. The summed E-state index contributed by atoms with van der Waals surface area (Å²) in [5.74, 6) is -2.98. The molecule has 1 saturated heterocycles. The number of nitrogens with zero attached hydrogens (tertiary/aromatic N) is 3. The number of halogens is 3. The number of alkyl halides is 2. The van der Waals surface area contributed by atoms with E-state index in [1.165, 1.54) is 12.1 Å². The average molecular weight is 352 g/mol. The third-order valence-corrected chi connectivity index (χ3v) is 5.09. The zero-order valence-corrected chi connectivity index (χ0v) is 13.9. The Bertz CT molecular complexity index is 838. The number of carbonyl (C=O) groups excluding carboxylic acids is 1. The van der Waals surface area contributed by atoms with E-state index in [1.54, 1.807) is 0 Å². The first kappa shape index (κ1) is 16.2. The molecule has 4 rings (SSSR count). The third-order valence-electron chi connectivity index (χ3n) is 5.09. The lowest BCUT2D eigenvalue weighted by Gasteiger charge is -2.33. The number of anilines is 1. The third kappa shape index (κ3) is 2.63. The minimum atomic E-state index is -2.65. The van der Waals surface area contributed by atoms with Crippen molar-refractivity contribution in [3.8, 4) is 0 Å². The van der Waals surface area contributed by atoms with E-state index in [-0.39, 0.29) is 43.4 Å². The molecule has 0 spiro atoms. The molecule has 3 heterocycles. The molecule has 0 aliphatic carbocycles. The normalized spacial score (nSPS) is 22.8. The number of hydrogen-bond donors (Lipinski definition) is 1. The lowest BCUT2D eigenvalue weighted by molar-refractivity contribution is -0.0223. The van der Waals surface area contributed by atoms with Crippen molar-refractivity contribution in [2.75, 3.05) is 24.5 Å². The maximum absolute atomic E-state index is 13.9. The van der Waals surface area contributed by atoms with E-state index in [2.05, 4.69) is 10.3 Å². The molecular formula is C17H19F3N4O. The summed E-state index contributed by atoms with van der Waals surface area (Å²) in [6.07, 6.45) is 0.274. The van der Waals surface area contributed by atoms with Crippen LogP contribution in [0.25, 0.3) is 11.0 Å². The van der Waals surface area contributed by atoms with E-state index in [1.807, 2.05) is 16.4 Å². The van der Waals surface area contributed by atoms with Crippen LogP contribution in [0.4, 0.5) is 19.1 Å². The number of benzene rings is 1. The quantitative estimate of drug-likeness (QED) is 0.904. The van der Waals surface area contributed by atoms with Gasteiger partial charge in [0.1, 0.15) is 5.82 Å². The highest BCUT2D eigenvalue weighted by atomic mass is 19.3. The predicted molar refractivity (Wildman–Crippen MR) is 87.7 cm³/mol. The van der Waals surface area contributed by atoms with Gasteiger partial charge in [-0.1, -0.05) is 6.92 Å². The summed E-state index contributed by atoms with van der Waals surface area (Å²) in [5, 5.41) is 2.82. The van der Waals surface area contributed by atoms with Gasteiger partial charge < -0.3 is 14.8 Å². The lowest BCUT2D eigenvalue weighted by Crippen LogP contribution is -2.41. The van der Waals surface area contributed by atoms with Crippen LogP contribution in [-0.4, -0.2) is 41.0 Å². The zero-order chi connectivity index (χ0) is 17.8. The van der Waals surface area contributed by atoms with Crippen LogP contribution in [0, 0.1) is 5.82 Å². The molecule has 1 N–H and O–H groups in total. The molecule has 0 unspecified atom stereocenters. The number of imidazole rings is 1. The van der Waals surface area contributed by atoms with Crippen molar-refractivity contribution in [1.82, 2.24) is 14.9 Å². The van der Waals surface area contributed by atoms with Crippen LogP contribution in [0.3, 0.4) is 0 Å². The van der Waals surface area contributed by atoms with Crippen molar-refractivity contribution >= 4 is 22.9 Å². The van der Waals surface area contributed by atoms with Crippen molar-refractivity contribution in [2.45, 2.75) is 38.2 Å². The summed E-state index contributed by atoms with van der Waals surface area (Å²) in [6, 6.07) is 2.45. The molecule has 1 aromatic carbocycles. The van der Waals surface area contributed by atoms with Gasteiger partial charge in [0.15, 0.2) is 0 Å². The van der Waals surface area contributed by atoms with Gasteiger partial charge in [-0.2, -0.15) is 0 Å². The lowest BCUT2D eigenvalue weighted by atomic mass is 10.1. The van der Waals surface area contributed by atoms with Crippen LogP contribution in [0.15, 0.2) is 12.1 Å². The fraction of sp³-hybridized carbons (Fsp3) is 0.529. The van der Waals surface area contributed by atoms with E-state index >= 15 is 0 Å². The number of rotatable bonds is 2. The van der Waals surface area contributed by atoms with Crippen molar-refractivity contribution in [3.63, 3.8) is 0 Å². The molecule has 1 fully saturated rings. The first-order valence-electron chi connectivity index (χ1n) is 8.52. The van der Waals surface area contributed by atoms with E-state index in [0.29, 0.717) is 23.5 Å². The van der Waals surface area contributed by atoms with Gasteiger partial charge in [0, 0.05) is 38.5 Å². The van der Waals surface area contributed by atoms with E-state index in [0.717, 1.165) is 6.42 Å². The van der Waals surface area contributed by atoms with Crippen LogP contribution in [0.2, 0.25) is 0 Å². The van der Waals surface area contributed by atoms with Gasteiger partial charge in [-0.15, -0.1) is 0 Å². The molecule has 2 aromatic rings. The van der Waals surface area contributed by atoms with Crippen LogP contribution in [0.5, 0.6) is 0 Å². The van der Waals surface area contributed by atoms with Crippen LogP contribution < -0.4 is 10.2 Å². The molecule has 2 aliphatic rings. The second kappa shape index (κ2) is 5.64. The Morgan fingerprint density at radius 2 is 2.04 bits per heavy atom. The second-order valence-corrected chi connectivity index (χ2v) is 6.72. The first-order chi connectivity index (χ1) is 11.9. The van der Waals surface area contributed by atoms with Crippen LogP contribution >= 0.6 is 0 Å². The SMILES string of the molecule is CC[C@@H]1CNC(=O)c2cc(F)cc3nc(N4CCC(F)(F)CC4)n1c23. The molecule has 25 heavy (non-hydrogen) atoms. The monoisotopic (exact) mass is 352 g/mol. The number of nitrogens with one attached hydrogen (secondary N) is 1. The van der Waals surface area contributed by atoms with Gasteiger partial charge in [-0.25, -0.2) is 18.2 Å². The topological polar surface area (TPSA) is 50.2 Å². The molecule has 0 bridgehead atoms. The Hall–Kier alpha value is -2.25. The van der Waals surface area contributed by atoms with Crippen LogP contribution in [0.1, 0.15) is 42.6 Å².